The fourth-order valence-electron chi connectivity index (χ4n) is 9.41. The topological polar surface area (TPSA) is 35.0 Å². The van der Waals surface area contributed by atoms with Gasteiger partial charge in [-0.15, -0.1) is 11.3 Å². The molecular weight excluding hydrogens is 689 g/mol. The van der Waals surface area contributed by atoms with Crippen molar-refractivity contribution in [2.24, 2.45) is 0 Å². The molecule has 9 aromatic rings. The highest BCUT2D eigenvalue weighted by Crippen LogP contribution is 2.63. The second kappa shape index (κ2) is 11.7. The SMILES string of the molecule is C1=Cc2c(ccc3c2-c2ccc(-c4nc(-c5ccc(-c6ccccc6)cc5)nc5c4sc4ccccc45)cc2C32c3ccccc3Oc3ccccc32)CC1. The number of ether oxygens (including phenoxy) is 1. The Bertz CT molecular complexity index is 3020. The molecule has 7 aromatic carbocycles. The quantitative estimate of drug-likeness (QED) is 0.182. The van der Waals surface area contributed by atoms with Crippen LogP contribution in [0.3, 0.4) is 0 Å². The van der Waals surface area contributed by atoms with Crippen molar-refractivity contribution in [2.75, 3.05) is 0 Å². The zero-order valence-electron chi connectivity index (χ0n) is 29.8. The zero-order chi connectivity index (χ0) is 36.1. The van der Waals surface area contributed by atoms with Gasteiger partial charge in [-0.1, -0.05) is 146 Å². The second-order valence-electron chi connectivity index (χ2n) is 14.7. The Morgan fingerprint density at radius 2 is 1.25 bits per heavy atom. The number of aromatic nitrogens is 2. The number of para-hydroxylation sites is 2. The lowest BCUT2D eigenvalue weighted by Gasteiger charge is -2.39. The van der Waals surface area contributed by atoms with E-state index < -0.39 is 5.41 Å². The maximum absolute atomic E-state index is 6.68. The molecule has 2 aromatic heterocycles. The lowest BCUT2D eigenvalue weighted by atomic mass is 9.65. The van der Waals surface area contributed by atoms with Crippen LogP contribution in [0.5, 0.6) is 11.5 Å². The van der Waals surface area contributed by atoms with Crippen LogP contribution in [0.2, 0.25) is 0 Å². The van der Waals surface area contributed by atoms with Crippen molar-refractivity contribution in [3.63, 3.8) is 0 Å². The third-order valence-corrected chi connectivity index (χ3v) is 13.0. The minimum atomic E-state index is -0.575. The van der Waals surface area contributed by atoms with Crippen LogP contribution in [0, 0.1) is 0 Å². The summed E-state index contributed by atoms with van der Waals surface area (Å²) in [6.07, 6.45) is 6.81. The summed E-state index contributed by atoms with van der Waals surface area (Å²) in [6.45, 7) is 0. The first-order valence-corrected chi connectivity index (χ1v) is 19.8. The number of hydrogen-bond donors (Lipinski definition) is 0. The molecule has 0 amide bonds. The largest absolute Gasteiger partial charge is 0.457 e. The molecule has 2 aliphatic carbocycles. The maximum Gasteiger partial charge on any atom is 0.160 e. The fourth-order valence-corrected chi connectivity index (χ4v) is 10.6. The molecule has 0 saturated carbocycles. The first-order chi connectivity index (χ1) is 27.3. The standard InChI is InChI=1S/C51H32N2OS/c1-2-12-31(13-3-1)32-22-24-34(25-23-32)50-52-47(49-48(53-50)38-16-6-11-21-45(38)55-49)35-26-28-37-42(30-35)51(41-29-27-33-14-4-5-15-36(33)46(37)41)39-17-7-9-19-43(39)54-44-20-10-8-18-40(44)51/h1-3,5-13,15-30H,4,14H2. The highest BCUT2D eigenvalue weighted by atomic mass is 32.1. The van der Waals surface area contributed by atoms with Gasteiger partial charge < -0.3 is 4.74 Å². The van der Waals surface area contributed by atoms with E-state index in [0.717, 1.165) is 62.6 Å². The summed E-state index contributed by atoms with van der Waals surface area (Å²) >= 11 is 1.78. The van der Waals surface area contributed by atoms with Gasteiger partial charge in [-0.05, 0) is 81.6 Å². The first kappa shape index (κ1) is 30.8. The van der Waals surface area contributed by atoms with Crippen molar-refractivity contribution >= 4 is 37.7 Å². The monoisotopic (exact) mass is 720 g/mol. The van der Waals surface area contributed by atoms with Crippen LogP contribution in [0.1, 0.15) is 39.8 Å². The molecule has 0 saturated heterocycles. The predicted octanol–water partition coefficient (Wildman–Crippen LogP) is 13.3. The minimum absolute atomic E-state index is 0.575. The molecule has 1 spiro atoms. The number of aryl methyl sites for hydroxylation is 1. The Labute approximate surface area is 322 Å². The van der Waals surface area contributed by atoms with Crippen LogP contribution >= 0.6 is 11.3 Å². The van der Waals surface area contributed by atoms with E-state index >= 15 is 0 Å². The fraction of sp³-hybridized carbons (Fsp3) is 0.0588. The molecular formula is C51H32N2OS. The van der Waals surface area contributed by atoms with Crippen molar-refractivity contribution in [3.05, 3.63) is 197 Å². The molecule has 0 N–H and O–H groups in total. The number of rotatable bonds is 3. The molecule has 258 valence electrons. The summed E-state index contributed by atoms with van der Waals surface area (Å²) in [5, 5.41) is 1.16. The van der Waals surface area contributed by atoms with E-state index in [-0.39, 0.29) is 0 Å². The molecule has 3 aliphatic rings. The molecule has 0 bridgehead atoms. The van der Waals surface area contributed by atoms with Crippen LogP contribution in [0.4, 0.5) is 0 Å². The van der Waals surface area contributed by atoms with Crippen molar-refractivity contribution in [3.8, 4) is 56.4 Å². The summed E-state index contributed by atoms with van der Waals surface area (Å²) in [6, 6.07) is 56.8. The first-order valence-electron chi connectivity index (χ1n) is 19.0. The summed E-state index contributed by atoms with van der Waals surface area (Å²) in [7, 11) is 0. The Balaban J connectivity index is 1.14. The molecule has 0 unspecified atom stereocenters. The van der Waals surface area contributed by atoms with Gasteiger partial charge in [-0.25, -0.2) is 9.97 Å². The average Bonchev–Trinajstić information content (AvgIpc) is 3.78. The highest BCUT2D eigenvalue weighted by molar-refractivity contribution is 7.26. The Hall–Kier alpha value is -6.62. The van der Waals surface area contributed by atoms with Gasteiger partial charge in [0.2, 0.25) is 0 Å². The van der Waals surface area contributed by atoms with Gasteiger partial charge in [-0.3, -0.25) is 0 Å². The zero-order valence-corrected chi connectivity index (χ0v) is 30.6. The normalized spacial score (nSPS) is 14.3. The van der Waals surface area contributed by atoms with E-state index in [1.54, 1.807) is 11.3 Å². The average molecular weight is 721 g/mol. The van der Waals surface area contributed by atoms with Crippen LogP contribution in [-0.4, -0.2) is 9.97 Å². The summed E-state index contributed by atoms with van der Waals surface area (Å²) in [4.78, 5) is 10.8. The van der Waals surface area contributed by atoms with Crippen LogP contribution < -0.4 is 4.74 Å². The maximum atomic E-state index is 6.68. The van der Waals surface area contributed by atoms with Crippen LogP contribution in [0.25, 0.3) is 71.3 Å². The third-order valence-electron chi connectivity index (χ3n) is 11.8. The van der Waals surface area contributed by atoms with Gasteiger partial charge in [0.25, 0.3) is 0 Å². The van der Waals surface area contributed by atoms with Crippen molar-refractivity contribution in [2.45, 2.75) is 18.3 Å². The molecule has 3 nitrogen and oxygen atoms in total. The molecule has 3 heterocycles. The lowest BCUT2D eigenvalue weighted by Crippen LogP contribution is -2.32. The molecule has 1 aliphatic heterocycles. The number of benzene rings is 7. The van der Waals surface area contributed by atoms with E-state index in [0.29, 0.717) is 0 Å². The van der Waals surface area contributed by atoms with Crippen LogP contribution in [-0.2, 0) is 11.8 Å². The Morgan fingerprint density at radius 1 is 0.564 bits per heavy atom. The van der Waals surface area contributed by atoms with Crippen LogP contribution in [0.15, 0.2) is 164 Å². The number of allylic oxidation sites excluding steroid dienone is 1. The molecule has 55 heavy (non-hydrogen) atoms. The van der Waals surface area contributed by atoms with Crippen molar-refractivity contribution in [1.29, 1.82) is 0 Å². The Morgan fingerprint density at radius 3 is 2.07 bits per heavy atom. The summed E-state index contributed by atoms with van der Waals surface area (Å²) < 4.78 is 8.99. The van der Waals surface area contributed by atoms with Gasteiger partial charge in [-0.2, -0.15) is 0 Å². The number of fused-ring (bicyclic) bond motifs is 14. The lowest BCUT2D eigenvalue weighted by molar-refractivity contribution is 0.436. The minimum Gasteiger partial charge on any atom is -0.457 e. The van der Waals surface area contributed by atoms with E-state index in [1.165, 1.54) is 60.3 Å². The number of hydrogen-bond acceptors (Lipinski definition) is 4. The third kappa shape index (κ3) is 4.37. The van der Waals surface area contributed by atoms with Gasteiger partial charge in [0.1, 0.15) is 11.5 Å². The van der Waals surface area contributed by atoms with Gasteiger partial charge in [0.05, 0.1) is 21.3 Å². The van der Waals surface area contributed by atoms with Gasteiger partial charge in [0, 0.05) is 32.3 Å². The Kier molecular flexibility index (Phi) is 6.55. The summed E-state index contributed by atoms with van der Waals surface area (Å²) in [5.41, 5.74) is 16.1. The molecule has 0 radical (unpaired) electrons. The van der Waals surface area contributed by atoms with Crippen molar-refractivity contribution < 1.29 is 4.74 Å². The summed E-state index contributed by atoms with van der Waals surface area (Å²) in [5.74, 6) is 2.52. The van der Waals surface area contributed by atoms with E-state index in [9.17, 15) is 0 Å². The van der Waals surface area contributed by atoms with E-state index in [4.69, 9.17) is 14.7 Å². The number of nitrogens with zero attached hydrogens (tertiary/aromatic N) is 2. The van der Waals surface area contributed by atoms with E-state index in [2.05, 4.69) is 170 Å². The predicted molar refractivity (Wildman–Crippen MR) is 226 cm³/mol. The molecule has 12 rings (SSSR count). The van der Waals surface area contributed by atoms with Crippen molar-refractivity contribution in [1.82, 2.24) is 9.97 Å². The number of thiophene rings is 1. The van der Waals surface area contributed by atoms with Gasteiger partial charge >= 0.3 is 0 Å². The molecule has 4 heteroatoms. The van der Waals surface area contributed by atoms with E-state index in [1.807, 2.05) is 0 Å². The molecule has 0 atom stereocenters. The second-order valence-corrected chi connectivity index (χ2v) is 15.8. The smallest absolute Gasteiger partial charge is 0.160 e. The highest BCUT2D eigenvalue weighted by Gasteiger charge is 2.52. The van der Waals surface area contributed by atoms with Gasteiger partial charge in [0.15, 0.2) is 5.82 Å². The molecule has 0 fully saturated rings.